The maximum Gasteiger partial charge on any atom is 0.243 e. The van der Waals surface area contributed by atoms with Gasteiger partial charge in [-0.2, -0.15) is 0 Å². The molecule has 2 N–H and O–H groups in total. The van der Waals surface area contributed by atoms with Crippen molar-refractivity contribution in [2.75, 3.05) is 17.6 Å². The summed E-state index contributed by atoms with van der Waals surface area (Å²) in [7, 11) is 0. The van der Waals surface area contributed by atoms with E-state index in [9.17, 15) is 31.5 Å². The van der Waals surface area contributed by atoms with Gasteiger partial charge in [-0.15, -0.1) is 11.8 Å². The highest BCUT2D eigenvalue weighted by atomic mass is 32.2. The normalized spacial score (nSPS) is 10.5. The van der Waals surface area contributed by atoms with E-state index in [1.807, 2.05) is 5.32 Å². The van der Waals surface area contributed by atoms with E-state index in [-0.39, 0.29) is 5.75 Å². The van der Waals surface area contributed by atoms with E-state index in [0.29, 0.717) is 11.0 Å². The van der Waals surface area contributed by atoms with E-state index in [0.717, 1.165) is 30.0 Å². The van der Waals surface area contributed by atoms with E-state index >= 15 is 0 Å². The summed E-state index contributed by atoms with van der Waals surface area (Å²) in [5.41, 5.74) is -0.570. The highest BCUT2D eigenvalue weighted by Gasteiger charge is 2.15. The molecule has 0 radical (unpaired) electrons. The molecule has 26 heavy (non-hydrogen) atoms. The number of anilines is 1. The lowest BCUT2D eigenvalue weighted by Crippen LogP contribution is -2.34. The van der Waals surface area contributed by atoms with E-state index in [1.54, 1.807) is 0 Å². The van der Waals surface area contributed by atoms with Gasteiger partial charge < -0.3 is 10.6 Å². The predicted molar refractivity (Wildman–Crippen MR) is 85.0 cm³/mol. The number of rotatable bonds is 6. The lowest BCUT2D eigenvalue weighted by Gasteiger charge is -2.08. The standard InChI is InChI=1S/C16H11F5N2O2S/c17-9-2-1-8(5-11(9)19)26-7-14(25)22-6-13(24)23-12-4-3-10(18)15(20)16(12)21/h1-5H,6-7H2,(H,22,25)(H,23,24). The van der Waals surface area contributed by atoms with Gasteiger partial charge in [-0.3, -0.25) is 9.59 Å². The number of halogens is 5. The van der Waals surface area contributed by atoms with Gasteiger partial charge in [0.2, 0.25) is 11.8 Å². The minimum Gasteiger partial charge on any atom is -0.346 e. The van der Waals surface area contributed by atoms with E-state index in [2.05, 4.69) is 5.32 Å². The second kappa shape index (κ2) is 8.65. The molecular formula is C16H11F5N2O2S. The molecule has 0 aliphatic heterocycles. The highest BCUT2D eigenvalue weighted by Crippen LogP contribution is 2.20. The Bertz CT molecular complexity index is 848. The zero-order valence-electron chi connectivity index (χ0n) is 12.9. The van der Waals surface area contributed by atoms with Gasteiger partial charge >= 0.3 is 0 Å². The van der Waals surface area contributed by atoms with Crippen LogP contribution in [0.15, 0.2) is 35.2 Å². The van der Waals surface area contributed by atoms with Crippen LogP contribution in [0.2, 0.25) is 0 Å². The van der Waals surface area contributed by atoms with Gasteiger partial charge in [0, 0.05) is 4.90 Å². The maximum absolute atomic E-state index is 13.4. The van der Waals surface area contributed by atoms with Crippen LogP contribution in [0, 0.1) is 29.1 Å². The Kier molecular flexibility index (Phi) is 6.56. The summed E-state index contributed by atoms with van der Waals surface area (Å²) in [4.78, 5) is 23.6. The van der Waals surface area contributed by atoms with E-state index in [1.165, 1.54) is 6.07 Å². The van der Waals surface area contributed by atoms with Crippen molar-refractivity contribution in [1.82, 2.24) is 5.32 Å². The third-order valence-electron chi connectivity index (χ3n) is 3.02. The lowest BCUT2D eigenvalue weighted by atomic mass is 10.2. The van der Waals surface area contributed by atoms with Gasteiger partial charge in [0.15, 0.2) is 29.1 Å². The van der Waals surface area contributed by atoms with Crippen LogP contribution in [0.5, 0.6) is 0 Å². The fourth-order valence-electron chi connectivity index (χ4n) is 1.76. The van der Waals surface area contributed by atoms with Crippen molar-refractivity contribution in [2.45, 2.75) is 4.90 Å². The Morgan fingerprint density at radius 2 is 1.54 bits per heavy atom. The Morgan fingerprint density at radius 1 is 0.846 bits per heavy atom. The third-order valence-corrected chi connectivity index (χ3v) is 4.01. The van der Waals surface area contributed by atoms with Crippen molar-refractivity contribution < 1.29 is 31.5 Å². The molecular weight excluding hydrogens is 379 g/mol. The average molecular weight is 390 g/mol. The number of carbonyl (C=O) groups excluding carboxylic acids is 2. The summed E-state index contributed by atoms with van der Waals surface area (Å²) in [5.74, 6) is -8.39. The summed E-state index contributed by atoms with van der Waals surface area (Å²) in [6, 6.07) is 4.61. The van der Waals surface area contributed by atoms with Crippen LogP contribution < -0.4 is 10.6 Å². The first-order chi connectivity index (χ1) is 12.3. The molecule has 0 aromatic heterocycles. The topological polar surface area (TPSA) is 58.2 Å². The Hall–Kier alpha value is -2.62. The van der Waals surface area contributed by atoms with Crippen LogP contribution in [0.25, 0.3) is 0 Å². The number of hydrogen-bond acceptors (Lipinski definition) is 3. The minimum absolute atomic E-state index is 0.183. The summed E-state index contributed by atoms with van der Waals surface area (Å²) >= 11 is 0.911. The van der Waals surface area contributed by atoms with Gasteiger partial charge in [-0.1, -0.05) is 0 Å². The zero-order valence-corrected chi connectivity index (χ0v) is 13.7. The molecule has 2 aromatic carbocycles. The second-order valence-corrected chi connectivity index (χ2v) is 5.96. The molecule has 2 aromatic rings. The number of thioether (sulfide) groups is 1. The molecule has 0 aliphatic carbocycles. The molecule has 0 unspecified atom stereocenters. The van der Waals surface area contributed by atoms with Gasteiger partial charge in [0.05, 0.1) is 18.0 Å². The van der Waals surface area contributed by atoms with Gasteiger partial charge in [-0.05, 0) is 30.3 Å². The van der Waals surface area contributed by atoms with Crippen LogP contribution in [-0.2, 0) is 9.59 Å². The summed E-state index contributed by atoms with van der Waals surface area (Å²) in [6.07, 6.45) is 0. The zero-order chi connectivity index (χ0) is 19.3. The predicted octanol–water partition coefficient (Wildman–Crippen LogP) is 3.23. The molecule has 0 atom stereocenters. The first-order valence-corrected chi connectivity index (χ1v) is 8.04. The van der Waals surface area contributed by atoms with Crippen LogP contribution in [0.3, 0.4) is 0 Å². The van der Waals surface area contributed by atoms with Crippen LogP contribution in [0.1, 0.15) is 0 Å². The Labute approximate surface area is 148 Å². The van der Waals surface area contributed by atoms with Crippen LogP contribution in [-0.4, -0.2) is 24.1 Å². The molecule has 0 bridgehead atoms. The third kappa shape index (κ3) is 5.19. The van der Waals surface area contributed by atoms with E-state index in [4.69, 9.17) is 0 Å². The average Bonchev–Trinajstić information content (AvgIpc) is 2.61. The summed E-state index contributed by atoms with van der Waals surface area (Å²) in [5, 5.41) is 4.20. The molecule has 0 saturated carbocycles. The number of hydrogen-bond donors (Lipinski definition) is 2. The van der Waals surface area contributed by atoms with Crippen molar-refractivity contribution in [2.24, 2.45) is 0 Å². The molecule has 0 fully saturated rings. The Balaban J connectivity index is 1.80. The van der Waals surface area contributed by atoms with Gasteiger partial charge in [0.25, 0.3) is 0 Å². The van der Waals surface area contributed by atoms with Crippen molar-refractivity contribution in [3.63, 3.8) is 0 Å². The second-order valence-electron chi connectivity index (χ2n) is 4.91. The molecule has 2 rings (SSSR count). The van der Waals surface area contributed by atoms with Crippen molar-refractivity contribution in [1.29, 1.82) is 0 Å². The molecule has 0 aliphatic rings. The van der Waals surface area contributed by atoms with Crippen LogP contribution in [0.4, 0.5) is 27.6 Å². The van der Waals surface area contributed by atoms with E-state index < -0.39 is 53.1 Å². The molecule has 4 nitrogen and oxygen atoms in total. The number of amides is 2. The fourth-order valence-corrected chi connectivity index (χ4v) is 2.51. The lowest BCUT2D eigenvalue weighted by molar-refractivity contribution is -0.122. The van der Waals surface area contributed by atoms with Gasteiger partial charge in [-0.25, -0.2) is 22.0 Å². The summed E-state index contributed by atoms with van der Waals surface area (Å²) in [6.45, 7) is -0.546. The monoisotopic (exact) mass is 390 g/mol. The first kappa shape index (κ1) is 19.7. The molecule has 138 valence electrons. The number of benzene rings is 2. The van der Waals surface area contributed by atoms with Crippen molar-refractivity contribution >= 4 is 29.3 Å². The molecule has 10 heteroatoms. The quantitative estimate of drug-likeness (QED) is 0.452. The molecule has 0 spiro atoms. The van der Waals surface area contributed by atoms with Crippen molar-refractivity contribution in [3.05, 3.63) is 59.4 Å². The highest BCUT2D eigenvalue weighted by molar-refractivity contribution is 8.00. The van der Waals surface area contributed by atoms with Crippen molar-refractivity contribution in [3.8, 4) is 0 Å². The SMILES string of the molecule is O=C(CSc1ccc(F)c(F)c1)NCC(=O)Nc1ccc(F)c(F)c1F. The number of nitrogens with one attached hydrogen (secondary N) is 2. The smallest absolute Gasteiger partial charge is 0.243 e. The largest absolute Gasteiger partial charge is 0.346 e. The summed E-state index contributed by atoms with van der Waals surface area (Å²) < 4.78 is 65.1. The molecule has 0 heterocycles. The molecule has 0 saturated heterocycles. The van der Waals surface area contributed by atoms with Crippen LogP contribution >= 0.6 is 11.8 Å². The number of carbonyl (C=O) groups is 2. The fraction of sp³-hybridized carbons (Fsp3) is 0.125. The minimum atomic E-state index is -1.73. The molecule has 2 amide bonds. The Morgan fingerprint density at radius 3 is 2.23 bits per heavy atom. The maximum atomic E-state index is 13.4. The first-order valence-electron chi connectivity index (χ1n) is 7.06. The van der Waals surface area contributed by atoms with Gasteiger partial charge in [0.1, 0.15) is 0 Å².